The molecule has 0 bridgehead atoms. The SMILES string of the molecule is CCC(O)CNC(=O)c1ccc2cc(Br)ccc2c1. The van der Waals surface area contributed by atoms with Crippen molar-refractivity contribution < 1.29 is 9.90 Å². The predicted molar refractivity (Wildman–Crippen MR) is 80.3 cm³/mol. The van der Waals surface area contributed by atoms with Gasteiger partial charge in [0.2, 0.25) is 0 Å². The molecule has 0 fully saturated rings. The molecule has 0 aliphatic rings. The fourth-order valence-electron chi connectivity index (χ4n) is 1.81. The van der Waals surface area contributed by atoms with Crippen molar-refractivity contribution in [1.82, 2.24) is 5.32 Å². The van der Waals surface area contributed by atoms with E-state index < -0.39 is 6.10 Å². The third kappa shape index (κ3) is 3.55. The normalized spacial score (nSPS) is 12.4. The molecule has 2 N–H and O–H groups in total. The summed E-state index contributed by atoms with van der Waals surface area (Å²) < 4.78 is 1.02. The molecule has 0 spiro atoms. The van der Waals surface area contributed by atoms with Gasteiger partial charge in [0.1, 0.15) is 0 Å². The van der Waals surface area contributed by atoms with Crippen LogP contribution in [-0.2, 0) is 0 Å². The lowest BCUT2D eigenvalue weighted by atomic mass is 10.1. The molecule has 1 amide bonds. The Balaban J connectivity index is 2.16. The minimum atomic E-state index is -0.486. The zero-order chi connectivity index (χ0) is 13.8. The molecule has 0 radical (unpaired) electrons. The summed E-state index contributed by atoms with van der Waals surface area (Å²) in [6.07, 6.45) is 0.145. The molecule has 4 heteroatoms. The smallest absolute Gasteiger partial charge is 0.251 e. The first-order valence-electron chi connectivity index (χ1n) is 6.25. The van der Waals surface area contributed by atoms with Gasteiger partial charge in [-0.3, -0.25) is 4.79 Å². The average molecular weight is 322 g/mol. The Morgan fingerprint density at radius 2 is 1.95 bits per heavy atom. The summed E-state index contributed by atoms with van der Waals surface area (Å²) >= 11 is 3.42. The molecule has 1 atom stereocenters. The molecular weight excluding hydrogens is 306 g/mol. The van der Waals surface area contributed by atoms with Crippen molar-refractivity contribution in [2.75, 3.05) is 6.54 Å². The number of aliphatic hydroxyl groups excluding tert-OH is 1. The lowest BCUT2D eigenvalue weighted by Crippen LogP contribution is -2.31. The molecule has 0 aliphatic carbocycles. The molecule has 100 valence electrons. The van der Waals surface area contributed by atoms with E-state index in [-0.39, 0.29) is 12.5 Å². The molecular formula is C15H16BrNO2. The van der Waals surface area contributed by atoms with Crippen molar-refractivity contribution in [3.8, 4) is 0 Å². The van der Waals surface area contributed by atoms with E-state index in [1.54, 1.807) is 6.07 Å². The number of amides is 1. The predicted octanol–water partition coefficient (Wildman–Crippen LogP) is 3.10. The van der Waals surface area contributed by atoms with E-state index in [4.69, 9.17) is 0 Å². The van der Waals surface area contributed by atoms with Gasteiger partial charge in [-0.05, 0) is 41.5 Å². The molecule has 1 unspecified atom stereocenters. The van der Waals surface area contributed by atoms with Crippen LogP contribution >= 0.6 is 15.9 Å². The van der Waals surface area contributed by atoms with Gasteiger partial charge in [0.15, 0.2) is 0 Å². The lowest BCUT2D eigenvalue weighted by molar-refractivity contribution is 0.0914. The number of nitrogens with one attached hydrogen (secondary N) is 1. The summed E-state index contributed by atoms with van der Waals surface area (Å²) in [7, 11) is 0. The maximum absolute atomic E-state index is 11.9. The molecule has 2 rings (SSSR count). The Morgan fingerprint density at radius 1 is 1.26 bits per heavy atom. The Hall–Kier alpha value is -1.39. The van der Waals surface area contributed by atoms with E-state index in [2.05, 4.69) is 21.2 Å². The quantitative estimate of drug-likeness (QED) is 0.909. The minimum Gasteiger partial charge on any atom is -0.391 e. The largest absolute Gasteiger partial charge is 0.391 e. The summed E-state index contributed by atoms with van der Waals surface area (Å²) in [5, 5.41) is 14.3. The topological polar surface area (TPSA) is 49.3 Å². The third-order valence-corrected chi connectivity index (χ3v) is 3.53. The van der Waals surface area contributed by atoms with Crippen LogP contribution in [0.5, 0.6) is 0 Å². The first-order chi connectivity index (χ1) is 9.10. The van der Waals surface area contributed by atoms with Crippen molar-refractivity contribution in [3.05, 3.63) is 46.4 Å². The number of carbonyl (C=O) groups is 1. The van der Waals surface area contributed by atoms with Crippen molar-refractivity contribution in [1.29, 1.82) is 0 Å². The van der Waals surface area contributed by atoms with Crippen LogP contribution in [-0.4, -0.2) is 23.7 Å². The second-order valence-corrected chi connectivity index (χ2v) is 5.39. The van der Waals surface area contributed by atoms with E-state index in [9.17, 15) is 9.90 Å². The first-order valence-corrected chi connectivity index (χ1v) is 7.05. The van der Waals surface area contributed by atoms with E-state index in [0.29, 0.717) is 12.0 Å². The van der Waals surface area contributed by atoms with Gasteiger partial charge in [-0.1, -0.05) is 35.0 Å². The van der Waals surface area contributed by atoms with Crippen molar-refractivity contribution in [2.24, 2.45) is 0 Å². The highest BCUT2D eigenvalue weighted by atomic mass is 79.9. The molecule has 2 aromatic rings. The highest BCUT2D eigenvalue weighted by Crippen LogP contribution is 2.20. The van der Waals surface area contributed by atoms with Crippen molar-refractivity contribution >= 4 is 32.6 Å². The van der Waals surface area contributed by atoms with Gasteiger partial charge in [-0.25, -0.2) is 0 Å². The monoisotopic (exact) mass is 321 g/mol. The number of hydrogen-bond acceptors (Lipinski definition) is 2. The van der Waals surface area contributed by atoms with E-state index in [0.717, 1.165) is 15.2 Å². The number of hydrogen-bond donors (Lipinski definition) is 2. The molecule has 0 aliphatic heterocycles. The molecule has 0 aromatic heterocycles. The maximum Gasteiger partial charge on any atom is 0.251 e. The van der Waals surface area contributed by atoms with Crippen LogP contribution in [0.2, 0.25) is 0 Å². The Morgan fingerprint density at radius 3 is 2.68 bits per heavy atom. The minimum absolute atomic E-state index is 0.155. The second kappa shape index (κ2) is 6.17. The van der Waals surface area contributed by atoms with Crippen LogP contribution in [0.3, 0.4) is 0 Å². The van der Waals surface area contributed by atoms with E-state index in [1.165, 1.54) is 0 Å². The number of fused-ring (bicyclic) bond motifs is 1. The fraction of sp³-hybridized carbons (Fsp3) is 0.267. The number of aliphatic hydroxyl groups is 1. The van der Waals surface area contributed by atoms with Gasteiger partial charge in [0.25, 0.3) is 5.91 Å². The summed E-state index contributed by atoms with van der Waals surface area (Å²) in [4.78, 5) is 11.9. The zero-order valence-corrected chi connectivity index (χ0v) is 12.3. The van der Waals surface area contributed by atoms with Crippen LogP contribution in [0.4, 0.5) is 0 Å². The van der Waals surface area contributed by atoms with Gasteiger partial charge in [-0.15, -0.1) is 0 Å². The van der Waals surface area contributed by atoms with Crippen LogP contribution in [0.1, 0.15) is 23.7 Å². The molecule has 3 nitrogen and oxygen atoms in total. The van der Waals surface area contributed by atoms with Gasteiger partial charge < -0.3 is 10.4 Å². The van der Waals surface area contributed by atoms with E-state index in [1.807, 2.05) is 37.3 Å². The number of rotatable bonds is 4. The van der Waals surface area contributed by atoms with Gasteiger partial charge in [-0.2, -0.15) is 0 Å². The van der Waals surface area contributed by atoms with E-state index >= 15 is 0 Å². The summed E-state index contributed by atoms with van der Waals surface area (Å²) in [5.74, 6) is -0.155. The second-order valence-electron chi connectivity index (χ2n) is 4.48. The van der Waals surface area contributed by atoms with Gasteiger partial charge in [0.05, 0.1) is 6.10 Å². The highest BCUT2D eigenvalue weighted by molar-refractivity contribution is 9.10. The van der Waals surface area contributed by atoms with Gasteiger partial charge in [0, 0.05) is 16.6 Å². The van der Waals surface area contributed by atoms with Crippen LogP contribution in [0, 0.1) is 0 Å². The first kappa shape index (κ1) is 14.0. The molecule has 0 saturated heterocycles. The van der Waals surface area contributed by atoms with Crippen LogP contribution in [0.25, 0.3) is 10.8 Å². The molecule has 19 heavy (non-hydrogen) atoms. The number of benzene rings is 2. The van der Waals surface area contributed by atoms with Gasteiger partial charge >= 0.3 is 0 Å². The highest BCUT2D eigenvalue weighted by Gasteiger charge is 2.08. The number of carbonyl (C=O) groups excluding carboxylic acids is 1. The van der Waals surface area contributed by atoms with Crippen molar-refractivity contribution in [3.63, 3.8) is 0 Å². The maximum atomic E-state index is 11.9. The third-order valence-electron chi connectivity index (χ3n) is 3.03. The summed E-state index contributed by atoms with van der Waals surface area (Å²) in [6, 6.07) is 11.5. The van der Waals surface area contributed by atoms with Crippen LogP contribution in [0.15, 0.2) is 40.9 Å². The summed E-state index contributed by atoms with van der Waals surface area (Å²) in [5.41, 5.74) is 0.609. The summed E-state index contributed by atoms with van der Waals surface area (Å²) in [6.45, 7) is 2.17. The molecule has 0 saturated carbocycles. The standard InChI is InChI=1S/C15H16BrNO2/c1-2-14(18)9-17-15(19)12-4-3-11-8-13(16)6-5-10(11)7-12/h3-8,14,18H,2,9H2,1H3,(H,17,19). The number of halogens is 1. The fourth-order valence-corrected chi connectivity index (χ4v) is 2.19. The van der Waals surface area contributed by atoms with Crippen molar-refractivity contribution in [2.45, 2.75) is 19.4 Å². The Labute approximate surface area is 120 Å². The Bertz CT molecular complexity index is 598. The molecule has 2 aromatic carbocycles. The zero-order valence-electron chi connectivity index (χ0n) is 10.7. The average Bonchev–Trinajstić information content (AvgIpc) is 2.43. The molecule has 0 heterocycles. The van der Waals surface area contributed by atoms with Crippen LogP contribution < -0.4 is 5.32 Å². The Kier molecular flexibility index (Phi) is 4.56. The lowest BCUT2D eigenvalue weighted by Gasteiger charge is -2.10.